The number of carbonyl (C=O) groups excluding carboxylic acids is 1. The molecule has 0 aliphatic rings. The fourth-order valence-corrected chi connectivity index (χ4v) is 1.96. The number of phenolic OH excluding ortho intramolecular Hbond substituents is 1. The van der Waals surface area contributed by atoms with E-state index >= 15 is 0 Å². The van der Waals surface area contributed by atoms with Gasteiger partial charge in [0, 0.05) is 18.7 Å². The first-order valence-electron chi connectivity index (χ1n) is 6.41. The van der Waals surface area contributed by atoms with Crippen molar-refractivity contribution < 1.29 is 9.90 Å². The van der Waals surface area contributed by atoms with Crippen LogP contribution in [-0.2, 0) is 0 Å². The van der Waals surface area contributed by atoms with Crippen molar-refractivity contribution in [2.45, 2.75) is 27.2 Å². The average molecular weight is 260 g/mol. The Bertz CT molecular complexity index is 489. The lowest BCUT2D eigenvalue weighted by Crippen LogP contribution is -2.35. The smallest absolute Gasteiger partial charge is 0.254 e. The first-order chi connectivity index (χ1) is 8.95. The summed E-state index contributed by atoms with van der Waals surface area (Å²) in [5.74, 6) is 0.419. The summed E-state index contributed by atoms with van der Waals surface area (Å²) in [5.41, 5.74) is 1.33. The molecule has 102 valence electrons. The summed E-state index contributed by atoms with van der Waals surface area (Å²) in [7, 11) is 0. The molecule has 0 aromatic heterocycles. The second-order valence-corrected chi connectivity index (χ2v) is 5.05. The number of amides is 1. The van der Waals surface area contributed by atoms with Gasteiger partial charge in [-0.3, -0.25) is 4.79 Å². The third kappa shape index (κ3) is 4.29. The Morgan fingerprint density at radius 2 is 2.16 bits per heavy atom. The van der Waals surface area contributed by atoms with E-state index in [0.29, 0.717) is 31.0 Å². The van der Waals surface area contributed by atoms with E-state index in [0.717, 1.165) is 5.56 Å². The maximum Gasteiger partial charge on any atom is 0.254 e. The van der Waals surface area contributed by atoms with Gasteiger partial charge in [0.05, 0.1) is 12.5 Å². The molecule has 0 saturated heterocycles. The second kappa shape index (κ2) is 6.79. The Labute approximate surface area is 114 Å². The Morgan fingerprint density at radius 1 is 1.47 bits per heavy atom. The quantitative estimate of drug-likeness (QED) is 0.885. The van der Waals surface area contributed by atoms with Gasteiger partial charge in [-0.05, 0) is 36.6 Å². The predicted molar refractivity (Wildman–Crippen MR) is 73.8 cm³/mol. The predicted octanol–water partition coefficient (Wildman–Crippen LogP) is 2.71. The highest BCUT2D eigenvalue weighted by Gasteiger charge is 2.18. The van der Waals surface area contributed by atoms with Crippen molar-refractivity contribution in [1.29, 1.82) is 5.26 Å². The van der Waals surface area contributed by atoms with E-state index in [1.807, 2.05) is 13.8 Å². The molecule has 0 radical (unpaired) electrons. The van der Waals surface area contributed by atoms with Gasteiger partial charge >= 0.3 is 0 Å². The first-order valence-corrected chi connectivity index (χ1v) is 6.41. The lowest BCUT2D eigenvalue weighted by molar-refractivity contribution is 0.0739. The largest absolute Gasteiger partial charge is 0.508 e. The zero-order valence-electron chi connectivity index (χ0n) is 11.7. The Hall–Kier alpha value is -2.02. The van der Waals surface area contributed by atoms with Gasteiger partial charge in [-0.2, -0.15) is 5.26 Å². The number of hydrogen-bond acceptors (Lipinski definition) is 3. The molecular weight excluding hydrogens is 240 g/mol. The molecule has 0 unspecified atom stereocenters. The SMILES string of the molecule is Cc1cc(O)ccc1C(=O)N(CCC#N)CC(C)C. The molecule has 19 heavy (non-hydrogen) atoms. The lowest BCUT2D eigenvalue weighted by Gasteiger charge is -2.24. The van der Waals surface area contributed by atoms with E-state index in [2.05, 4.69) is 6.07 Å². The zero-order chi connectivity index (χ0) is 14.4. The summed E-state index contributed by atoms with van der Waals surface area (Å²) in [6.45, 7) is 6.94. The molecule has 0 saturated carbocycles. The molecule has 0 fully saturated rings. The second-order valence-electron chi connectivity index (χ2n) is 5.05. The van der Waals surface area contributed by atoms with Crippen LogP contribution in [0.2, 0.25) is 0 Å². The fraction of sp³-hybridized carbons (Fsp3) is 0.467. The van der Waals surface area contributed by atoms with E-state index in [4.69, 9.17) is 5.26 Å². The molecule has 0 spiro atoms. The van der Waals surface area contributed by atoms with Gasteiger partial charge in [0.15, 0.2) is 0 Å². The molecule has 4 nitrogen and oxygen atoms in total. The third-order valence-corrected chi connectivity index (χ3v) is 2.81. The van der Waals surface area contributed by atoms with Gasteiger partial charge in [-0.25, -0.2) is 0 Å². The van der Waals surface area contributed by atoms with Gasteiger partial charge in [-0.1, -0.05) is 13.8 Å². The number of nitriles is 1. The van der Waals surface area contributed by atoms with Gasteiger partial charge in [0.2, 0.25) is 0 Å². The lowest BCUT2D eigenvalue weighted by atomic mass is 10.1. The summed E-state index contributed by atoms with van der Waals surface area (Å²) < 4.78 is 0. The van der Waals surface area contributed by atoms with Crippen LogP contribution in [0.25, 0.3) is 0 Å². The van der Waals surface area contributed by atoms with Crippen molar-refractivity contribution in [1.82, 2.24) is 4.90 Å². The normalized spacial score (nSPS) is 10.3. The molecule has 1 N–H and O–H groups in total. The number of benzene rings is 1. The topological polar surface area (TPSA) is 64.3 Å². The maximum atomic E-state index is 12.5. The number of aryl methyl sites for hydroxylation is 1. The van der Waals surface area contributed by atoms with Crippen molar-refractivity contribution >= 4 is 5.91 Å². The molecule has 0 heterocycles. The Balaban J connectivity index is 2.94. The van der Waals surface area contributed by atoms with E-state index < -0.39 is 0 Å². The monoisotopic (exact) mass is 260 g/mol. The van der Waals surface area contributed by atoms with Crippen LogP contribution in [0.1, 0.15) is 36.2 Å². The van der Waals surface area contributed by atoms with Crippen molar-refractivity contribution in [3.05, 3.63) is 29.3 Å². The van der Waals surface area contributed by atoms with Crippen molar-refractivity contribution in [3.63, 3.8) is 0 Å². The molecule has 0 bridgehead atoms. The van der Waals surface area contributed by atoms with Crippen LogP contribution < -0.4 is 0 Å². The van der Waals surface area contributed by atoms with Gasteiger partial charge in [0.1, 0.15) is 5.75 Å². The van der Waals surface area contributed by atoms with Gasteiger partial charge in [-0.15, -0.1) is 0 Å². The van der Waals surface area contributed by atoms with Gasteiger partial charge < -0.3 is 10.0 Å². The van der Waals surface area contributed by atoms with E-state index in [9.17, 15) is 9.90 Å². The molecular formula is C15H20N2O2. The minimum Gasteiger partial charge on any atom is -0.508 e. The number of hydrogen-bond donors (Lipinski definition) is 1. The van der Waals surface area contributed by atoms with Crippen molar-refractivity contribution in [3.8, 4) is 11.8 Å². The first kappa shape index (κ1) is 15.0. The summed E-state index contributed by atoms with van der Waals surface area (Å²) in [4.78, 5) is 14.2. The Kier molecular flexibility index (Phi) is 5.37. The highest BCUT2D eigenvalue weighted by molar-refractivity contribution is 5.95. The van der Waals surface area contributed by atoms with Gasteiger partial charge in [0.25, 0.3) is 5.91 Å². The molecule has 1 rings (SSSR count). The number of aromatic hydroxyl groups is 1. The summed E-state index contributed by atoms with van der Waals surface area (Å²) in [6, 6.07) is 6.79. The fourth-order valence-electron chi connectivity index (χ4n) is 1.96. The minimum atomic E-state index is -0.0820. The van der Waals surface area contributed by atoms with Crippen LogP contribution in [0.3, 0.4) is 0 Å². The summed E-state index contributed by atoms with van der Waals surface area (Å²) in [6.07, 6.45) is 0.329. The van der Waals surface area contributed by atoms with Crippen molar-refractivity contribution in [2.75, 3.05) is 13.1 Å². The van der Waals surface area contributed by atoms with Crippen LogP contribution in [-0.4, -0.2) is 29.0 Å². The number of nitrogens with zero attached hydrogens (tertiary/aromatic N) is 2. The average Bonchev–Trinajstić information content (AvgIpc) is 2.33. The number of rotatable bonds is 5. The highest BCUT2D eigenvalue weighted by Crippen LogP contribution is 2.18. The van der Waals surface area contributed by atoms with Crippen LogP contribution in [0.5, 0.6) is 5.75 Å². The summed E-state index contributed by atoms with van der Waals surface area (Å²) >= 11 is 0. The Morgan fingerprint density at radius 3 is 2.68 bits per heavy atom. The third-order valence-electron chi connectivity index (χ3n) is 2.81. The standard InChI is InChI=1S/C15H20N2O2/c1-11(2)10-17(8-4-7-16)15(19)14-6-5-13(18)9-12(14)3/h5-6,9,11,18H,4,8,10H2,1-3H3. The van der Waals surface area contributed by atoms with Crippen LogP contribution in [0, 0.1) is 24.2 Å². The molecule has 1 amide bonds. The number of carbonyl (C=O) groups is 1. The molecule has 4 heteroatoms. The molecule has 1 aromatic rings. The highest BCUT2D eigenvalue weighted by atomic mass is 16.3. The van der Waals surface area contributed by atoms with Crippen LogP contribution in [0.4, 0.5) is 0 Å². The summed E-state index contributed by atoms with van der Waals surface area (Å²) in [5, 5.41) is 18.0. The van der Waals surface area contributed by atoms with E-state index in [1.54, 1.807) is 24.0 Å². The molecule has 0 atom stereocenters. The minimum absolute atomic E-state index is 0.0820. The van der Waals surface area contributed by atoms with E-state index in [1.165, 1.54) is 6.07 Å². The van der Waals surface area contributed by atoms with Crippen molar-refractivity contribution in [2.24, 2.45) is 5.92 Å². The molecule has 1 aromatic carbocycles. The molecule has 0 aliphatic carbocycles. The van der Waals surface area contributed by atoms with Crippen LogP contribution in [0.15, 0.2) is 18.2 Å². The zero-order valence-corrected chi connectivity index (χ0v) is 11.7. The van der Waals surface area contributed by atoms with E-state index in [-0.39, 0.29) is 11.7 Å². The van der Waals surface area contributed by atoms with Crippen LogP contribution >= 0.6 is 0 Å². The number of phenols is 1. The molecule has 0 aliphatic heterocycles. The maximum absolute atomic E-state index is 12.5.